The third-order valence-electron chi connectivity index (χ3n) is 2.22. The van der Waals surface area contributed by atoms with Gasteiger partial charge in [-0.2, -0.15) is 0 Å². The Bertz CT molecular complexity index is 434. The van der Waals surface area contributed by atoms with Crippen LogP contribution in [0, 0.1) is 0 Å². The Kier molecular flexibility index (Phi) is 3.22. The second kappa shape index (κ2) is 4.82. The second-order valence-electron chi connectivity index (χ2n) is 3.55. The molecule has 0 spiro atoms. The summed E-state index contributed by atoms with van der Waals surface area (Å²) < 4.78 is 15.2. The third kappa shape index (κ3) is 2.52. The maximum atomic E-state index is 11.4. The van der Waals surface area contributed by atoms with Crippen LogP contribution in [0.3, 0.4) is 0 Å². The molecule has 0 fully saturated rings. The van der Waals surface area contributed by atoms with Gasteiger partial charge in [0.2, 0.25) is 6.79 Å². The zero-order chi connectivity index (χ0) is 12.3. The number of nitrogen functional groups attached to an aromatic ring is 1. The maximum absolute atomic E-state index is 11.4. The van der Waals surface area contributed by atoms with Crippen LogP contribution in [0.4, 0.5) is 16.2 Å². The highest BCUT2D eigenvalue weighted by Gasteiger charge is 2.17. The minimum atomic E-state index is -0.530. The van der Waals surface area contributed by atoms with Crippen LogP contribution in [0.5, 0.6) is 11.5 Å². The topological polar surface area (TPSA) is 82.8 Å². The highest BCUT2D eigenvalue weighted by atomic mass is 16.7. The predicted molar refractivity (Wildman–Crippen MR) is 62.2 cm³/mol. The van der Waals surface area contributed by atoms with Crippen LogP contribution in [0.1, 0.15) is 13.3 Å². The summed E-state index contributed by atoms with van der Waals surface area (Å²) in [6.07, 6.45) is 0.238. The summed E-state index contributed by atoms with van der Waals surface area (Å²) in [7, 11) is 0. The standard InChI is InChI=1S/C11H14N2O4/c1-2-3-15-11(14)13-8-5-10-9(4-7(8)12)16-6-17-10/h4-5H,2-3,6,12H2,1H3,(H,13,14). The molecule has 92 valence electrons. The molecular weight excluding hydrogens is 224 g/mol. The molecule has 17 heavy (non-hydrogen) atoms. The van der Waals surface area contributed by atoms with E-state index >= 15 is 0 Å². The van der Waals surface area contributed by atoms with Gasteiger partial charge in [0.15, 0.2) is 11.5 Å². The molecule has 0 atom stereocenters. The summed E-state index contributed by atoms with van der Waals surface area (Å²) in [5.74, 6) is 1.14. The van der Waals surface area contributed by atoms with Crippen molar-refractivity contribution in [3.63, 3.8) is 0 Å². The Labute approximate surface area is 98.6 Å². The molecule has 1 aliphatic heterocycles. The number of hydrogen-bond acceptors (Lipinski definition) is 5. The number of nitrogens with one attached hydrogen (secondary N) is 1. The highest BCUT2D eigenvalue weighted by molar-refractivity contribution is 5.90. The number of carbonyl (C=O) groups is 1. The Balaban J connectivity index is 2.08. The fourth-order valence-corrected chi connectivity index (χ4v) is 1.41. The number of ether oxygens (including phenoxy) is 3. The van der Waals surface area contributed by atoms with Crippen molar-refractivity contribution in [2.75, 3.05) is 24.5 Å². The quantitative estimate of drug-likeness (QED) is 0.786. The van der Waals surface area contributed by atoms with E-state index in [0.717, 1.165) is 6.42 Å². The Morgan fingerprint density at radius 1 is 1.47 bits per heavy atom. The number of amides is 1. The fraction of sp³-hybridized carbons (Fsp3) is 0.364. The smallest absolute Gasteiger partial charge is 0.411 e. The first kappa shape index (κ1) is 11.4. The number of benzene rings is 1. The number of nitrogens with two attached hydrogens (primary N) is 1. The zero-order valence-electron chi connectivity index (χ0n) is 9.49. The molecule has 6 nitrogen and oxygen atoms in total. The summed E-state index contributed by atoms with van der Waals surface area (Å²) >= 11 is 0. The Morgan fingerprint density at radius 2 is 2.18 bits per heavy atom. The van der Waals surface area contributed by atoms with Gasteiger partial charge in [0.25, 0.3) is 0 Å². The molecule has 0 radical (unpaired) electrons. The van der Waals surface area contributed by atoms with E-state index in [9.17, 15) is 4.79 Å². The molecule has 1 aromatic carbocycles. The maximum Gasteiger partial charge on any atom is 0.411 e. The molecule has 3 N–H and O–H groups in total. The van der Waals surface area contributed by atoms with Crippen molar-refractivity contribution in [3.8, 4) is 11.5 Å². The van der Waals surface area contributed by atoms with Crippen molar-refractivity contribution in [1.82, 2.24) is 0 Å². The van der Waals surface area contributed by atoms with Gasteiger partial charge in [0.05, 0.1) is 18.0 Å². The molecule has 1 aliphatic rings. The molecular formula is C11H14N2O4. The van der Waals surface area contributed by atoms with Gasteiger partial charge in [-0.15, -0.1) is 0 Å². The number of carbonyl (C=O) groups excluding carboxylic acids is 1. The summed E-state index contributed by atoms with van der Waals surface area (Å²) in [5.41, 5.74) is 6.62. The molecule has 0 aromatic heterocycles. The Morgan fingerprint density at radius 3 is 2.88 bits per heavy atom. The summed E-state index contributed by atoms with van der Waals surface area (Å²) in [6.45, 7) is 2.46. The van der Waals surface area contributed by atoms with E-state index in [1.807, 2.05) is 6.92 Å². The van der Waals surface area contributed by atoms with Crippen LogP contribution in [0.25, 0.3) is 0 Å². The number of fused-ring (bicyclic) bond motifs is 1. The number of anilines is 2. The van der Waals surface area contributed by atoms with Crippen LogP contribution in [-0.4, -0.2) is 19.5 Å². The lowest BCUT2D eigenvalue weighted by Gasteiger charge is -2.09. The van der Waals surface area contributed by atoms with Crippen molar-refractivity contribution < 1.29 is 19.0 Å². The van der Waals surface area contributed by atoms with Crippen molar-refractivity contribution in [2.24, 2.45) is 0 Å². The monoisotopic (exact) mass is 238 g/mol. The van der Waals surface area contributed by atoms with E-state index in [-0.39, 0.29) is 6.79 Å². The lowest BCUT2D eigenvalue weighted by molar-refractivity contribution is 0.161. The van der Waals surface area contributed by atoms with Crippen LogP contribution < -0.4 is 20.5 Å². The minimum Gasteiger partial charge on any atom is -0.454 e. The average molecular weight is 238 g/mol. The van der Waals surface area contributed by atoms with Gasteiger partial charge in [-0.3, -0.25) is 5.32 Å². The zero-order valence-corrected chi connectivity index (χ0v) is 9.49. The number of rotatable bonds is 3. The third-order valence-corrected chi connectivity index (χ3v) is 2.22. The molecule has 2 rings (SSSR count). The van der Waals surface area contributed by atoms with Crippen molar-refractivity contribution >= 4 is 17.5 Å². The second-order valence-corrected chi connectivity index (χ2v) is 3.55. The first-order valence-electron chi connectivity index (χ1n) is 5.33. The van der Waals surface area contributed by atoms with Gasteiger partial charge in [-0.25, -0.2) is 4.79 Å². The van der Waals surface area contributed by atoms with Gasteiger partial charge >= 0.3 is 6.09 Å². The van der Waals surface area contributed by atoms with Crippen LogP contribution in [0.15, 0.2) is 12.1 Å². The van der Waals surface area contributed by atoms with Crippen LogP contribution in [0.2, 0.25) is 0 Å². The van der Waals surface area contributed by atoms with Gasteiger partial charge in [-0.1, -0.05) is 6.92 Å². The molecule has 0 unspecified atom stereocenters. The molecule has 0 aliphatic carbocycles. The van der Waals surface area contributed by atoms with Crippen molar-refractivity contribution in [1.29, 1.82) is 0 Å². The first-order chi connectivity index (χ1) is 8.20. The van der Waals surface area contributed by atoms with Gasteiger partial charge in [-0.05, 0) is 6.42 Å². The lowest BCUT2D eigenvalue weighted by Crippen LogP contribution is -2.15. The Hall–Kier alpha value is -2.11. The summed E-state index contributed by atoms with van der Waals surface area (Å²) in [6, 6.07) is 3.22. The van der Waals surface area contributed by atoms with Crippen LogP contribution in [-0.2, 0) is 4.74 Å². The molecule has 0 bridgehead atoms. The van der Waals surface area contributed by atoms with Crippen molar-refractivity contribution in [3.05, 3.63) is 12.1 Å². The van der Waals surface area contributed by atoms with Gasteiger partial charge in [0.1, 0.15) is 0 Å². The number of hydrogen-bond donors (Lipinski definition) is 2. The fourth-order valence-electron chi connectivity index (χ4n) is 1.41. The average Bonchev–Trinajstić information content (AvgIpc) is 2.74. The molecule has 1 amide bonds. The first-order valence-corrected chi connectivity index (χ1v) is 5.33. The highest BCUT2D eigenvalue weighted by Crippen LogP contribution is 2.38. The molecule has 1 aromatic rings. The van der Waals surface area contributed by atoms with Crippen LogP contribution >= 0.6 is 0 Å². The largest absolute Gasteiger partial charge is 0.454 e. The van der Waals surface area contributed by atoms with Gasteiger partial charge < -0.3 is 19.9 Å². The summed E-state index contributed by atoms with van der Waals surface area (Å²) in [4.78, 5) is 11.4. The van der Waals surface area contributed by atoms with E-state index < -0.39 is 6.09 Å². The molecule has 0 saturated heterocycles. The van der Waals surface area contributed by atoms with E-state index in [0.29, 0.717) is 29.5 Å². The van der Waals surface area contributed by atoms with Crippen molar-refractivity contribution in [2.45, 2.75) is 13.3 Å². The predicted octanol–water partition coefficient (Wildman–Crippen LogP) is 1.96. The molecule has 0 saturated carbocycles. The van der Waals surface area contributed by atoms with Gasteiger partial charge in [0, 0.05) is 12.1 Å². The molecule has 6 heteroatoms. The normalized spacial score (nSPS) is 12.3. The minimum absolute atomic E-state index is 0.165. The van der Waals surface area contributed by atoms with E-state index in [4.69, 9.17) is 19.9 Å². The SMILES string of the molecule is CCCOC(=O)Nc1cc2c(cc1N)OCO2. The lowest BCUT2D eigenvalue weighted by atomic mass is 10.2. The summed E-state index contributed by atoms with van der Waals surface area (Å²) in [5, 5.41) is 2.55. The van der Waals surface area contributed by atoms with E-state index in [1.54, 1.807) is 12.1 Å². The van der Waals surface area contributed by atoms with E-state index in [2.05, 4.69) is 5.32 Å². The molecule has 1 heterocycles. The van der Waals surface area contributed by atoms with E-state index in [1.165, 1.54) is 0 Å².